The lowest BCUT2D eigenvalue weighted by Gasteiger charge is -2.16. The fourth-order valence-electron chi connectivity index (χ4n) is 1.43. The third-order valence-corrected chi connectivity index (χ3v) is 2.65. The molecular formula is C15H25NO3. The van der Waals surface area contributed by atoms with Crippen molar-refractivity contribution in [1.29, 1.82) is 0 Å². The Bertz CT molecular complexity index is 341. The fraction of sp³-hybridized carbons (Fsp3) is 0.600. The summed E-state index contributed by atoms with van der Waals surface area (Å²) in [6, 6.07) is 0. The van der Waals surface area contributed by atoms with Gasteiger partial charge in [0.25, 0.3) is 0 Å². The van der Waals surface area contributed by atoms with Gasteiger partial charge < -0.3 is 9.64 Å². The zero-order valence-electron chi connectivity index (χ0n) is 12.4. The van der Waals surface area contributed by atoms with Crippen molar-refractivity contribution in [1.82, 2.24) is 4.90 Å². The molecule has 0 saturated carbocycles. The molecule has 0 aliphatic rings. The number of amides is 1. The van der Waals surface area contributed by atoms with E-state index in [-0.39, 0.29) is 11.9 Å². The Labute approximate surface area is 116 Å². The van der Waals surface area contributed by atoms with Crippen molar-refractivity contribution in [2.24, 2.45) is 0 Å². The molecule has 0 unspecified atom stereocenters. The zero-order chi connectivity index (χ0) is 14.7. The molecular weight excluding hydrogens is 242 g/mol. The summed E-state index contributed by atoms with van der Waals surface area (Å²) in [5.41, 5.74) is 0.740. The summed E-state index contributed by atoms with van der Waals surface area (Å²) in [4.78, 5) is 24.8. The summed E-state index contributed by atoms with van der Waals surface area (Å²) in [5, 5.41) is 0. The Morgan fingerprint density at radius 1 is 1.11 bits per heavy atom. The lowest BCUT2D eigenvalue weighted by molar-refractivity contribution is -0.137. The molecule has 0 aromatic rings. The van der Waals surface area contributed by atoms with Crippen molar-refractivity contribution in [3.8, 4) is 0 Å². The van der Waals surface area contributed by atoms with Crippen molar-refractivity contribution < 1.29 is 14.3 Å². The van der Waals surface area contributed by atoms with Gasteiger partial charge in [-0.2, -0.15) is 0 Å². The first kappa shape index (κ1) is 17.4. The van der Waals surface area contributed by atoms with E-state index in [1.54, 1.807) is 17.9 Å². The smallest absolute Gasteiger partial charge is 0.330 e. The van der Waals surface area contributed by atoms with Gasteiger partial charge in [-0.15, -0.1) is 0 Å². The van der Waals surface area contributed by atoms with Crippen LogP contribution >= 0.6 is 0 Å². The number of nitrogens with zero attached hydrogens (tertiary/aromatic N) is 1. The summed E-state index contributed by atoms with van der Waals surface area (Å²) in [6.07, 6.45) is 6.36. The van der Waals surface area contributed by atoms with Gasteiger partial charge >= 0.3 is 5.97 Å². The highest BCUT2D eigenvalue weighted by Crippen LogP contribution is 2.00. The molecule has 108 valence electrons. The largest absolute Gasteiger partial charge is 0.463 e. The van der Waals surface area contributed by atoms with Gasteiger partial charge in [0, 0.05) is 25.2 Å². The van der Waals surface area contributed by atoms with Gasteiger partial charge in [0.15, 0.2) is 0 Å². The number of hydrogen-bond acceptors (Lipinski definition) is 3. The van der Waals surface area contributed by atoms with Crippen LogP contribution in [0.15, 0.2) is 23.8 Å². The van der Waals surface area contributed by atoms with Gasteiger partial charge in [-0.1, -0.05) is 19.4 Å². The van der Waals surface area contributed by atoms with Crippen LogP contribution in [0.1, 0.15) is 40.5 Å². The summed E-state index contributed by atoms with van der Waals surface area (Å²) >= 11 is 0. The van der Waals surface area contributed by atoms with Crippen LogP contribution in [0.4, 0.5) is 0 Å². The second-order valence-corrected chi connectivity index (χ2v) is 4.25. The van der Waals surface area contributed by atoms with Crippen LogP contribution in [-0.2, 0) is 14.3 Å². The zero-order valence-corrected chi connectivity index (χ0v) is 12.4. The van der Waals surface area contributed by atoms with Crippen molar-refractivity contribution in [2.75, 3.05) is 19.7 Å². The van der Waals surface area contributed by atoms with E-state index in [4.69, 9.17) is 4.74 Å². The van der Waals surface area contributed by atoms with E-state index in [2.05, 4.69) is 0 Å². The number of ether oxygens (including phenoxy) is 1. The van der Waals surface area contributed by atoms with Crippen LogP contribution < -0.4 is 0 Å². The monoisotopic (exact) mass is 267 g/mol. The molecule has 0 rings (SSSR count). The number of esters is 1. The Morgan fingerprint density at radius 2 is 1.74 bits per heavy atom. The number of allylic oxidation sites excluding steroid dienone is 2. The second kappa shape index (κ2) is 10.4. The quantitative estimate of drug-likeness (QED) is 0.294. The molecule has 0 aromatic carbocycles. The molecule has 4 nitrogen and oxygen atoms in total. The Morgan fingerprint density at radius 3 is 2.26 bits per heavy atom. The van der Waals surface area contributed by atoms with Gasteiger partial charge in [-0.3, -0.25) is 4.79 Å². The molecule has 0 spiro atoms. The minimum absolute atomic E-state index is 0.0356. The highest BCUT2D eigenvalue weighted by molar-refractivity contribution is 5.89. The molecule has 0 atom stereocenters. The molecule has 0 bridgehead atoms. The van der Waals surface area contributed by atoms with E-state index in [1.165, 1.54) is 12.2 Å². The highest BCUT2D eigenvalue weighted by Gasteiger charge is 2.05. The van der Waals surface area contributed by atoms with E-state index in [9.17, 15) is 9.59 Å². The standard InChI is InChI=1S/C15H25NO3/c1-5-8-11-19-15(18)10-9-13(4)12-14(17)16(6-2)7-3/h9-10,12H,5-8,11H2,1-4H3/b10-9+,13-12+. The Hall–Kier alpha value is -1.58. The molecule has 0 aliphatic carbocycles. The molecule has 0 aromatic heterocycles. The highest BCUT2D eigenvalue weighted by atomic mass is 16.5. The molecule has 1 amide bonds. The molecule has 19 heavy (non-hydrogen) atoms. The number of carbonyl (C=O) groups excluding carboxylic acids is 2. The average molecular weight is 267 g/mol. The number of carbonyl (C=O) groups is 2. The Balaban J connectivity index is 4.30. The first-order valence-electron chi connectivity index (χ1n) is 6.87. The van der Waals surface area contributed by atoms with E-state index >= 15 is 0 Å². The summed E-state index contributed by atoms with van der Waals surface area (Å²) in [6.45, 7) is 9.51. The van der Waals surface area contributed by atoms with E-state index in [0.717, 1.165) is 18.4 Å². The second-order valence-electron chi connectivity index (χ2n) is 4.25. The summed E-state index contributed by atoms with van der Waals surface area (Å²) in [5.74, 6) is -0.400. The van der Waals surface area contributed by atoms with Gasteiger partial charge in [0.2, 0.25) is 5.91 Å². The molecule has 0 fully saturated rings. The minimum Gasteiger partial charge on any atom is -0.463 e. The molecule has 0 saturated heterocycles. The number of rotatable bonds is 8. The van der Waals surface area contributed by atoms with Crippen molar-refractivity contribution in [3.63, 3.8) is 0 Å². The van der Waals surface area contributed by atoms with Crippen molar-refractivity contribution in [2.45, 2.75) is 40.5 Å². The molecule has 0 radical (unpaired) electrons. The summed E-state index contributed by atoms with van der Waals surface area (Å²) < 4.78 is 4.98. The SMILES string of the molecule is CCCCOC(=O)/C=C/C(C)=C/C(=O)N(CC)CC. The van der Waals surface area contributed by atoms with E-state index in [0.29, 0.717) is 19.7 Å². The lowest BCUT2D eigenvalue weighted by atomic mass is 10.2. The van der Waals surface area contributed by atoms with Crippen LogP contribution in [-0.4, -0.2) is 36.5 Å². The van der Waals surface area contributed by atoms with Crippen LogP contribution in [0.25, 0.3) is 0 Å². The molecule has 0 N–H and O–H groups in total. The van der Waals surface area contributed by atoms with E-state index in [1.807, 2.05) is 20.8 Å². The molecule has 0 heterocycles. The number of likely N-dealkylation sites (N-methyl/N-ethyl adjacent to an activating group) is 1. The van der Waals surface area contributed by atoms with Gasteiger partial charge in [-0.25, -0.2) is 4.79 Å². The Kier molecular flexibility index (Phi) is 9.49. The van der Waals surface area contributed by atoms with Crippen molar-refractivity contribution in [3.05, 3.63) is 23.8 Å². The lowest BCUT2D eigenvalue weighted by Crippen LogP contribution is -2.28. The van der Waals surface area contributed by atoms with Gasteiger partial charge in [0.05, 0.1) is 6.61 Å². The third kappa shape index (κ3) is 8.19. The van der Waals surface area contributed by atoms with Crippen molar-refractivity contribution >= 4 is 11.9 Å². The predicted molar refractivity (Wildman–Crippen MR) is 76.7 cm³/mol. The molecule has 0 aliphatic heterocycles. The fourth-order valence-corrected chi connectivity index (χ4v) is 1.43. The topological polar surface area (TPSA) is 46.6 Å². The van der Waals surface area contributed by atoms with Gasteiger partial charge in [-0.05, 0) is 32.8 Å². The van der Waals surface area contributed by atoms with E-state index < -0.39 is 0 Å². The number of hydrogen-bond donors (Lipinski definition) is 0. The van der Waals surface area contributed by atoms with Crippen LogP contribution in [0.5, 0.6) is 0 Å². The van der Waals surface area contributed by atoms with Crippen LogP contribution in [0, 0.1) is 0 Å². The van der Waals surface area contributed by atoms with Crippen LogP contribution in [0.2, 0.25) is 0 Å². The first-order chi connectivity index (χ1) is 9.04. The molecule has 4 heteroatoms. The first-order valence-corrected chi connectivity index (χ1v) is 6.87. The maximum Gasteiger partial charge on any atom is 0.330 e. The normalized spacial score (nSPS) is 11.7. The maximum atomic E-state index is 11.8. The van der Waals surface area contributed by atoms with Gasteiger partial charge in [0.1, 0.15) is 0 Å². The van der Waals surface area contributed by atoms with Crippen LogP contribution in [0.3, 0.4) is 0 Å². The minimum atomic E-state index is -0.364. The maximum absolute atomic E-state index is 11.8. The summed E-state index contributed by atoms with van der Waals surface area (Å²) in [7, 11) is 0. The average Bonchev–Trinajstić information content (AvgIpc) is 2.38. The third-order valence-electron chi connectivity index (χ3n) is 2.65. The number of unbranched alkanes of at least 4 members (excludes halogenated alkanes) is 1. The predicted octanol–water partition coefficient (Wildman–Crippen LogP) is 2.70.